The maximum absolute atomic E-state index is 4.81. The van der Waals surface area contributed by atoms with E-state index in [1.165, 1.54) is 29.2 Å². The molecule has 6 nitrogen and oxygen atoms in total. The maximum atomic E-state index is 4.81. The van der Waals surface area contributed by atoms with Crippen LogP contribution < -0.4 is 15.5 Å². The SMILES string of the molecule is CN=C(NCCc1csc(N2CCCC2)n1)NC1CCN(Cc2ccsc2)CC1. The second-order valence-electron chi connectivity index (χ2n) is 7.89. The van der Waals surface area contributed by atoms with Gasteiger partial charge >= 0.3 is 0 Å². The Morgan fingerprint density at radius 1 is 1.21 bits per heavy atom. The van der Waals surface area contributed by atoms with Crippen molar-refractivity contribution in [2.45, 2.75) is 44.7 Å². The van der Waals surface area contributed by atoms with Crippen LogP contribution in [0.5, 0.6) is 0 Å². The fraction of sp³-hybridized carbons (Fsp3) is 0.619. The number of thiophene rings is 1. The van der Waals surface area contributed by atoms with E-state index in [0.29, 0.717) is 6.04 Å². The lowest BCUT2D eigenvalue weighted by Gasteiger charge is -2.32. The molecule has 0 bridgehead atoms. The third kappa shape index (κ3) is 5.93. The first-order valence-corrected chi connectivity index (χ1v) is 12.5. The molecule has 2 N–H and O–H groups in total. The first-order valence-electron chi connectivity index (χ1n) is 10.7. The van der Waals surface area contributed by atoms with Crippen molar-refractivity contribution >= 4 is 33.8 Å². The van der Waals surface area contributed by atoms with Gasteiger partial charge in [-0.05, 0) is 48.1 Å². The normalized spacial score (nSPS) is 19.1. The number of guanidine groups is 1. The van der Waals surface area contributed by atoms with Gasteiger partial charge in [0.25, 0.3) is 0 Å². The fourth-order valence-corrected chi connectivity index (χ4v) is 5.61. The lowest BCUT2D eigenvalue weighted by atomic mass is 10.0. The lowest BCUT2D eigenvalue weighted by Crippen LogP contribution is -2.48. The summed E-state index contributed by atoms with van der Waals surface area (Å²) in [5.74, 6) is 0.913. The highest BCUT2D eigenvalue weighted by Crippen LogP contribution is 2.24. The summed E-state index contributed by atoms with van der Waals surface area (Å²) in [6.45, 7) is 6.54. The Hall–Kier alpha value is -1.64. The molecule has 0 radical (unpaired) electrons. The zero-order chi connectivity index (χ0) is 19.9. The van der Waals surface area contributed by atoms with Crippen LogP contribution in [-0.4, -0.2) is 61.7 Å². The van der Waals surface area contributed by atoms with E-state index in [4.69, 9.17) is 4.98 Å². The third-order valence-corrected chi connectivity index (χ3v) is 7.41. The maximum Gasteiger partial charge on any atom is 0.191 e. The Bertz CT molecular complexity index is 758. The van der Waals surface area contributed by atoms with Crippen molar-refractivity contribution < 1.29 is 0 Å². The van der Waals surface area contributed by atoms with E-state index < -0.39 is 0 Å². The van der Waals surface area contributed by atoms with Gasteiger partial charge < -0.3 is 15.5 Å². The minimum atomic E-state index is 0.501. The van der Waals surface area contributed by atoms with Gasteiger partial charge in [0.2, 0.25) is 0 Å². The monoisotopic (exact) mass is 432 g/mol. The van der Waals surface area contributed by atoms with E-state index in [0.717, 1.165) is 64.5 Å². The Labute approximate surface area is 182 Å². The summed E-state index contributed by atoms with van der Waals surface area (Å²) >= 11 is 3.56. The zero-order valence-corrected chi connectivity index (χ0v) is 18.9. The largest absolute Gasteiger partial charge is 0.356 e. The smallest absolute Gasteiger partial charge is 0.191 e. The number of aliphatic imine (C=N–C) groups is 1. The molecule has 0 unspecified atom stereocenters. The van der Waals surface area contributed by atoms with E-state index in [1.807, 2.05) is 7.05 Å². The molecule has 2 aromatic heterocycles. The van der Waals surface area contributed by atoms with Crippen molar-refractivity contribution in [3.63, 3.8) is 0 Å². The van der Waals surface area contributed by atoms with E-state index in [-0.39, 0.29) is 0 Å². The number of likely N-dealkylation sites (tertiary alicyclic amines) is 1. The molecule has 2 fully saturated rings. The highest BCUT2D eigenvalue weighted by molar-refractivity contribution is 7.13. The van der Waals surface area contributed by atoms with Crippen molar-refractivity contribution in [3.05, 3.63) is 33.5 Å². The van der Waals surface area contributed by atoms with Crippen LogP contribution in [0.25, 0.3) is 0 Å². The second-order valence-corrected chi connectivity index (χ2v) is 9.51. The highest BCUT2D eigenvalue weighted by Gasteiger charge is 2.20. The number of nitrogens with zero attached hydrogens (tertiary/aromatic N) is 4. The van der Waals surface area contributed by atoms with Crippen LogP contribution in [0.3, 0.4) is 0 Å². The first-order chi connectivity index (χ1) is 14.3. The van der Waals surface area contributed by atoms with Crippen molar-refractivity contribution in [1.29, 1.82) is 0 Å². The number of anilines is 1. The van der Waals surface area contributed by atoms with Crippen molar-refractivity contribution in [1.82, 2.24) is 20.5 Å². The quantitative estimate of drug-likeness (QED) is 0.520. The summed E-state index contributed by atoms with van der Waals surface area (Å²) in [5.41, 5.74) is 2.62. The van der Waals surface area contributed by atoms with Crippen LogP contribution in [-0.2, 0) is 13.0 Å². The predicted molar refractivity (Wildman–Crippen MR) is 124 cm³/mol. The number of nitrogens with one attached hydrogen (secondary N) is 2. The van der Waals surface area contributed by atoms with Crippen LogP contribution in [0.2, 0.25) is 0 Å². The Morgan fingerprint density at radius 3 is 2.76 bits per heavy atom. The number of aromatic nitrogens is 1. The van der Waals surface area contributed by atoms with E-state index in [9.17, 15) is 0 Å². The molecule has 2 aromatic rings. The number of hydrogen-bond acceptors (Lipinski definition) is 6. The van der Waals surface area contributed by atoms with Gasteiger partial charge in [0.05, 0.1) is 5.69 Å². The van der Waals surface area contributed by atoms with Crippen LogP contribution in [0.15, 0.2) is 27.2 Å². The predicted octanol–water partition coefficient (Wildman–Crippen LogP) is 3.18. The van der Waals surface area contributed by atoms with Crippen LogP contribution in [0.4, 0.5) is 5.13 Å². The van der Waals surface area contributed by atoms with Crippen LogP contribution in [0.1, 0.15) is 36.9 Å². The standard InChI is InChI=1S/C21H32N6S2/c1-22-20(23-8-4-19-16-29-21(25-19)27-9-2-3-10-27)24-18-5-11-26(12-6-18)14-17-7-13-28-15-17/h7,13,15-16,18H,2-6,8-12,14H2,1H3,(H2,22,23,24). The van der Waals surface area contributed by atoms with Gasteiger partial charge in [0, 0.05) is 64.2 Å². The molecule has 158 valence electrons. The van der Waals surface area contributed by atoms with Gasteiger partial charge in [0.15, 0.2) is 11.1 Å². The lowest BCUT2D eigenvalue weighted by molar-refractivity contribution is 0.198. The fourth-order valence-electron chi connectivity index (χ4n) is 4.04. The Morgan fingerprint density at radius 2 is 2.03 bits per heavy atom. The summed E-state index contributed by atoms with van der Waals surface area (Å²) in [4.78, 5) is 14.2. The zero-order valence-electron chi connectivity index (χ0n) is 17.3. The Balaban J connectivity index is 1.15. The van der Waals surface area contributed by atoms with Gasteiger partial charge in [-0.25, -0.2) is 4.98 Å². The summed E-state index contributed by atoms with van der Waals surface area (Å²) in [5, 5.41) is 14.9. The Kier molecular flexibility index (Phi) is 7.40. The highest BCUT2D eigenvalue weighted by atomic mass is 32.1. The van der Waals surface area contributed by atoms with Gasteiger partial charge in [-0.15, -0.1) is 11.3 Å². The topological polar surface area (TPSA) is 55.8 Å². The van der Waals surface area contributed by atoms with Gasteiger partial charge in [-0.3, -0.25) is 9.89 Å². The molecule has 0 amide bonds. The third-order valence-electron chi connectivity index (χ3n) is 5.73. The van der Waals surface area contributed by atoms with Crippen molar-refractivity contribution in [2.24, 2.45) is 4.99 Å². The van der Waals surface area contributed by atoms with E-state index in [2.05, 4.69) is 47.6 Å². The minimum Gasteiger partial charge on any atom is -0.356 e. The van der Waals surface area contributed by atoms with Gasteiger partial charge in [0.1, 0.15) is 0 Å². The molecule has 2 aliphatic heterocycles. The minimum absolute atomic E-state index is 0.501. The molecule has 4 rings (SSSR count). The molecule has 4 heterocycles. The molecule has 0 aromatic carbocycles. The molecule has 2 saturated heterocycles. The number of piperidine rings is 1. The van der Waals surface area contributed by atoms with Crippen molar-refractivity contribution in [2.75, 3.05) is 44.7 Å². The summed E-state index contributed by atoms with van der Waals surface area (Å²) in [7, 11) is 1.86. The first kappa shape index (κ1) is 20.6. The molecular weight excluding hydrogens is 400 g/mol. The van der Waals surface area contributed by atoms with Crippen LogP contribution in [0, 0.1) is 0 Å². The van der Waals surface area contributed by atoms with Crippen LogP contribution >= 0.6 is 22.7 Å². The van der Waals surface area contributed by atoms with E-state index >= 15 is 0 Å². The number of thiazole rings is 1. The molecule has 0 aliphatic carbocycles. The van der Waals surface area contributed by atoms with Gasteiger partial charge in [-0.2, -0.15) is 11.3 Å². The summed E-state index contributed by atoms with van der Waals surface area (Å²) in [6, 6.07) is 2.73. The van der Waals surface area contributed by atoms with E-state index in [1.54, 1.807) is 22.7 Å². The average molecular weight is 433 g/mol. The second kappa shape index (κ2) is 10.4. The number of rotatable bonds is 7. The van der Waals surface area contributed by atoms with Gasteiger partial charge in [-0.1, -0.05) is 0 Å². The number of hydrogen-bond donors (Lipinski definition) is 2. The molecule has 0 spiro atoms. The van der Waals surface area contributed by atoms with Crippen molar-refractivity contribution in [3.8, 4) is 0 Å². The average Bonchev–Trinajstić information content (AvgIpc) is 3.51. The summed E-state index contributed by atoms with van der Waals surface area (Å²) in [6.07, 6.45) is 5.85. The summed E-state index contributed by atoms with van der Waals surface area (Å²) < 4.78 is 0. The molecule has 8 heteroatoms. The molecule has 2 aliphatic rings. The molecule has 29 heavy (non-hydrogen) atoms. The molecule has 0 atom stereocenters. The molecular formula is C21H32N6S2. The molecule has 0 saturated carbocycles.